The van der Waals surface area contributed by atoms with Crippen LogP contribution in [0.2, 0.25) is 0 Å². The molecule has 76 valence electrons. The van der Waals surface area contributed by atoms with Crippen molar-refractivity contribution in [3.63, 3.8) is 0 Å². The normalized spacial score (nSPS) is 20.6. The molecule has 0 amide bonds. The van der Waals surface area contributed by atoms with E-state index in [9.17, 15) is 13.6 Å². The Labute approximate surface area is 76.3 Å². The maximum Gasteiger partial charge on any atom is 0.317 e. The summed E-state index contributed by atoms with van der Waals surface area (Å²) in [4.78, 5) is 11.3. The number of hydrogen-bond acceptors (Lipinski definition) is 2. The number of halogens is 2. The fourth-order valence-electron chi connectivity index (χ4n) is 1.79. The summed E-state index contributed by atoms with van der Waals surface area (Å²) in [6, 6.07) is 0. The SMILES string of the molecule is CCOC(=O)C1(C(F)F)CCCC1. The largest absolute Gasteiger partial charge is 0.465 e. The van der Waals surface area contributed by atoms with E-state index in [1.54, 1.807) is 6.92 Å². The van der Waals surface area contributed by atoms with Crippen LogP contribution in [-0.2, 0) is 9.53 Å². The first-order chi connectivity index (χ1) is 6.13. The summed E-state index contributed by atoms with van der Waals surface area (Å²) in [6.07, 6.45) is -0.659. The van der Waals surface area contributed by atoms with Gasteiger partial charge in [0.1, 0.15) is 5.41 Å². The highest BCUT2D eigenvalue weighted by Crippen LogP contribution is 2.44. The lowest BCUT2D eigenvalue weighted by Crippen LogP contribution is -2.37. The first kappa shape index (κ1) is 10.4. The molecule has 0 bridgehead atoms. The maximum absolute atomic E-state index is 12.7. The Bertz CT molecular complexity index is 186. The molecule has 2 nitrogen and oxygen atoms in total. The third kappa shape index (κ3) is 1.81. The molecule has 1 aliphatic rings. The van der Waals surface area contributed by atoms with Gasteiger partial charge >= 0.3 is 5.97 Å². The molecular weight excluding hydrogens is 178 g/mol. The average Bonchev–Trinajstić information content (AvgIpc) is 2.53. The fraction of sp³-hybridized carbons (Fsp3) is 0.889. The Hall–Kier alpha value is -0.670. The molecule has 0 N–H and O–H groups in total. The smallest absolute Gasteiger partial charge is 0.317 e. The van der Waals surface area contributed by atoms with Crippen molar-refractivity contribution in [2.75, 3.05) is 6.61 Å². The van der Waals surface area contributed by atoms with Crippen LogP contribution in [-0.4, -0.2) is 19.0 Å². The minimum absolute atomic E-state index is 0.174. The number of ether oxygens (including phenoxy) is 1. The van der Waals surface area contributed by atoms with Crippen LogP contribution in [0.25, 0.3) is 0 Å². The molecule has 1 saturated carbocycles. The number of alkyl halides is 2. The van der Waals surface area contributed by atoms with E-state index in [4.69, 9.17) is 0 Å². The van der Waals surface area contributed by atoms with E-state index in [0.717, 1.165) is 0 Å². The second-order valence-electron chi connectivity index (χ2n) is 3.38. The molecule has 1 rings (SSSR count). The minimum atomic E-state index is -2.59. The predicted octanol–water partition coefficient (Wildman–Crippen LogP) is 2.38. The van der Waals surface area contributed by atoms with Crippen molar-refractivity contribution in [2.24, 2.45) is 5.41 Å². The Morgan fingerprint density at radius 3 is 2.38 bits per heavy atom. The first-order valence-electron chi connectivity index (χ1n) is 4.59. The van der Waals surface area contributed by atoms with Gasteiger partial charge in [-0.05, 0) is 19.8 Å². The van der Waals surface area contributed by atoms with Crippen molar-refractivity contribution in [1.29, 1.82) is 0 Å². The molecule has 1 fully saturated rings. The molecule has 0 aliphatic heterocycles. The average molecular weight is 192 g/mol. The monoisotopic (exact) mass is 192 g/mol. The molecule has 0 radical (unpaired) electrons. The number of rotatable bonds is 3. The molecule has 0 aromatic carbocycles. The van der Waals surface area contributed by atoms with Crippen molar-refractivity contribution >= 4 is 5.97 Å². The van der Waals surface area contributed by atoms with E-state index < -0.39 is 17.8 Å². The summed E-state index contributed by atoms with van der Waals surface area (Å²) in [7, 11) is 0. The van der Waals surface area contributed by atoms with Crippen LogP contribution in [0.15, 0.2) is 0 Å². The van der Waals surface area contributed by atoms with Gasteiger partial charge < -0.3 is 4.74 Å². The molecule has 0 unspecified atom stereocenters. The topological polar surface area (TPSA) is 26.3 Å². The fourth-order valence-corrected chi connectivity index (χ4v) is 1.79. The van der Waals surface area contributed by atoms with E-state index in [1.807, 2.05) is 0 Å². The van der Waals surface area contributed by atoms with E-state index >= 15 is 0 Å². The zero-order valence-electron chi connectivity index (χ0n) is 7.69. The molecule has 0 saturated heterocycles. The van der Waals surface area contributed by atoms with Crippen molar-refractivity contribution in [2.45, 2.75) is 39.0 Å². The second-order valence-corrected chi connectivity index (χ2v) is 3.38. The van der Waals surface area contributed by atoms with Gasteiger partial charge in [-0.3, -0.25) is 4.79 Å². The lowest BCUT2D eigenvalue weighted by atomic mass is 9.87. The van der Waals surface area contributed by atoms with Crippen LogP contribution < -0.4 is 0 Å². The first-order valence-corrected chi connectivity index (χ1v) is 4.59. The standard InChI is InChI=1S/C9H14F2O2/c1-2-13-8(12)9(7(10)11)5-3-4-6-9/h7H,2-6H2,1H3. The van der Waals surface area contributed by atoms with Crippen LogP contribution in [0.4, 0.5) is 8.78 Å². The van der Waals surface area contributed by atoms with Crippen LogP contribution in [0.5, 0.6) is 0 Å². The minimum Gasteiger partial charge on any atom is -0.465 e. The van der Waals surface area contributed by atoms with Crippen LogP contribution in [0.1, 0.15) is 32.6 Å². The molecule has 0 atom stereocenters. The van der Waals surface area contributed by atoms with Gasteiger partial charge in [0.15, 0.2) is 0 Å². The number of hydrogen-bond donors (Lipinski definition) is 0. The van der Waals surface area contributed by atoms with Gasteiger partial charge in [-0.15, -0.1) is 0 Å². The highest BCUT2D eigenvalue weighted by molar-refractivity contribution is 5.77. The van der Waals surface area contributed by atoms with Gasteiger partial charge in [-0.2, -0.15) is 0 Å². The summed E-state index contributed by atoms with van der Waals surface area (Å²) in [6.45, 7) is 1.80. The highest BCUT2D eigenvalue weighted by atomic mass is 19.3. The summed E-state index contributed by atoms with van der Waals surface area (Å²) < 4.78 is 30.0. The summed E-state index contributed by atoms with van der Waals surface area (Å²) in [5.74, 6) is -0.720. The van der Waals surface area contributed by atoms with E-state index in [-0.39, 0.29) is 19.4 Å². The second kappa shape index (κ2) is 4.03. The molecule has 13 heavy (non-hydrogen) atoms. The lowest BCUT2D eigenvalue weighted by molar-refractivity contribution is -0.165. The number of esters is 1. The third-order valence-corrected chi connectivity index (χ3v) is 2.60. The Morgan fingerprint density at radius 2 is 2.00 bits per heavy atom. The van der Waals surface area contributed by atoms with Crippen LogP contribution >= 0.6 is 0 Å². The molecular formula is C9H14F2O2. The van der Waals surface area contributed by atoms with Crippen molar-refractivity contribution in [3.05, 3.63) is 0 Å². The van der Waals surface area contributed by atoms with E-state index in [2.05, 4.69) is 4.74 Å². The molecule has 1 aliphatic carbocycles. The third-order valence-electron chi connectivity index (χ3n) is 2.60. The van der Waals surface area contributed by atoms with Gasteiger partial charge in [0.2, 0.25) is 0 Å². The lowest BCUT2D eigenvalue weighted by Gasteiger charge is -2.24. The van der Waals surface area contributed by atoms with Crippen LogP contribution in [0.3, 0.4) is 0 Å². The number of carbonyl (C=O) groups excluding carboxylic acids is 1. The Kier molecular flexibility index (Phi) is 3.22. The molecule has 4 heteroatoms. The predicted molar refractivity (Wildman–Crippen MR) is 43.5 cm³/mol. The van der Waals surface area contributed by atoms with Gasteiger partial charge in [-0.1, -0.05) is 12.8 Å². The highest BCUT2D eigenvalue weighted by Gasteiger charge is 2.50. The Morgan fingerprint density at radius 1 is 1.46 bits per heavy atom. The zero-order chi connectivity index (χ0) is 9.90. The van der Waals surface area contributed by atoms with Gasteiger partial charge in [-0.25, -0.2) is 8.78 Å². The summed E-state index contributed by atoms with van der Waals surface area (Å²) >= 11 is 0. The zero-order valence-corrected chi connectivity index (χ0v) is 7.69. The number of carbonyl (C=O) groups is 1. The van der Waals surface area contributed by atoms with Crippen LogP contribution in [0, 0.1) is 5.41 Å². The molecule has 0 aromatic rings. The van der Waals surface area contributed by atoms with Gasteiger partial charge in [0, 0.05) is 0 Å². The molecule has 0 spiro atoms. The van der Waals surface area contributed by atoms with Gasteiger partial charge in [0.25, 0.3) is 6.43 Å². The quantitative estimate of drug-likeness (QED) is 0.642. The molecule has 0 heterocycles. The summed E-state index contributed by atoms with van der Waals surface area (Å²) in [5.41, 5.74) is -1.49. The van der Waals surface area contributed by atoms with E-state index in [1.165, 1.54) is 0 Å². The van der Waals surface area contributed by atoms with Gasteiger partial charge in [0.05, 0.1) is 6.61 Å². The summed E-state index contributed by atoms with van der Waals surface area (Å²) in [5, 5.41) is 0. The van der Waals surface area contributed by atoms with Crippen molar-refractivity contribution < 1.29 is 18.3 Å². The Balaban J connectivity index is 2.72. The van der Waals surface area contributed by atoms with E-state index in [0.29, 0.717) is 12.8 Å². The molecule has 0 aromatic heterocycles. The maximum atomic E-state index is 12.7. The van der Waals surface area contributed by atoms with Crippen molar-refractivity contribution in [3.8, 4) is 0 Å². The van der Waals surface area contributed by atoms with Crippen molar-refractivity contribution in [1.82, 2.24) is 0 Å².